The van der Waals surface area contributed by atoms with E-state index in [1.165, 1.54) is 0 Å². The Morgan fingerprint density at radius 2 is 2.06 bits per heavy atom. The first-order valence-corrected chi connectivity index (χ1v) is 6.31. The van der Waals surface area contributed by atoms with Crippen molar-refractivity contribution in [1.82, 2.24) is 9.97 Å². The number of rotatable bonds is 1. The van der Waals surface area contributed by atoms with E-state index in [-0.39, 0.29) is 22.8 Å². The minimum Gasteiger partial charge on any atom is -0.318 e. The average Bonchev–Trinajstić information content (AvgIpc) is 2.80. The number of nitrogens with one attached hydrogen (secondary N) is 1. The summed E-state index contributed by atoms with van der Waals surface area (Å²) in [6, 6.07) is 0. The number of aryl methyl sites for hydroxylation is 1. The standard InChI is InChI=1S/C14H15FN2O/c1-7(2)10-6-16-12-8-4-3-5-9(8)14(18)17-13(12)11(10)15/h6-7H,3-5H2,1-2H3,(H,17,18). The van der Waals surface area contributed by atoms with Crippen molar-refractivity contribution in [3.63, 3.8) is 0 Å². The molecule has 0 unspecified atom stereocenters. The second-order valence-electron chi connectivity index (χ2n) is 5.17. The highest BCUT2D eigenvalue weighted by atomic mass is 19.1. The third kappa shape index (κ3) is 1.48. The van der Waals surface area contributed by atoms with Crippen molar-refractivity contribution in [2.45, 2.75) is 39.0 Å². The predicted octanol–water partition coefficient (Wildman–Crippen LogP) is 2.67. The van der Waals surface area contributed by atoms with Gasteiger partial charge in [0.2, 0.25) is 0 Å². The van der Waals surface area contributed by atoms with Crippen LogP contribution in [0.4, 0.5) is 4.39 Å². The molecule has 0 atom stereocenters. The van der Waals surface area contributed by atoms with E-state index in [1.807, 2.05) is 13.8 Å². The van der Waals surface area contributed by atoms with E-state index < -0.39 is 0 Å². The molecule has 0 saturated carbocycles. The molecule has 0 spiro atoms. The lowest BCUT2D eigenvalue weighted by Crippen LogP contribution is -2.14. The molecule has 1 N–H and O–H groups in total. The molecule has 3 nitrogen and oxygen atoms in total. The smallest absolute Gasteiger partial charge is 0.252 e. The van der Waals surface area contributed by atoms with E-state index >= 15 is 0 Å². The zero-order valence-electron chi connectivity index (χ0n) is 10.5. The normalized spacial score (nSPS) is 14.4. The van der Waals surface area contributed by atoms with Gasteiger partial charge in [-0.3, -0.25) is 9.78 Å². The van der Waals surface area contributed by atoms with Gasteiger partial charge in [-0.05, 0) is 30.7 Å². The van der Waals surface area contributed by atoms with Crippen LogP contribution in [0.25, 0.3) is 11.0 Å². The summed E-state index contributed by atoms with van der Waals surface area (Å²) in [5, 5.41) is 0. The molecule has 0 bridgehead atoms. The van der Waals surface area contributed by atoms with Gasteiger partial charge in [-0.2, -0.15) is 0 Å². The van der Waals surface area contributed by atoms with E-state index in [2.05, 4.69) is 9.97 Å². The third-order valence-corrected chi connectivity index (χ3v) is 3.68. The van der Waals surface area contributed by atoms with Gasteiger partial charge in [-0.1, -0.05) is 13.8 Å². The number of aromatic nitrogens is 2. The second-order valence-corrected chi connectivity index (χ2v) is 5.17. The first-order valence-electron chi connectivity index (χ1n) is 6.31. The van der Waals surface area contributed by atoms with Gasteiger partial charge in [0.15, 0.2) is 5.82 Å². The topological polar surface area (TPSA) is 45.8 Å². The van der Waals surface area contributed by atoms with Crippen LogP contribution < -0.4 is 5.56 Å². The van der Waals surface area contributed by atoms with Crippen LogP contribution in [-0.4, -0.2) is 9.97 Å². The Labute approximate surface area is 104 Å². The number of nitrogens with zero attached hydrogens (tertiary/aromatic N) is 1. The zero-order chi connectivity index (χ0) is 12.9. The lowest BCUT2D eigenvalue weighted by atomic mass is 10.0. The molecule has 4 heteroatoms. The van der Waals surface area contributed by atoms with Crippen molar-refractivity contribution in [3.8, 4) is 0 Å². The van der Waals surface area contributed by atoms with Crippen LogP contribution in [0.1, 0.15) is 42.9 Å². The van der Waals surface area contributed by atoms with Crippen molar-refractivity contribution in [3.05, 3.63) is 39.1 Å². The van der Waals surface area contributed by atoms with Crippen LogP contribution in [0.2, 0.25) is 0 Å². The number of H-pyrrole nitrogens is 1. The van der Waals surface area contributed by atoms with Crippen LogP contribution in [0.15, 0.2) is 11.0 Å². The first-order chi connectivity index (χ1) is 8.59. The highest BCUT2D eigenvalue weighted by Crippen LogP contribution is 2.28. The summed E-state index contributed by atoms with van der Waals surface area (Å²) >= 11 is 0. The molecule has 1 aliphatic rings. The molecule has 2 aromatic heterocycles. The average molecular weight is 246 g/mol. The summed E-state index contributed by atoms with van der Waals surface area (Å²) < 4.78 is 14.4. The lowest BCUT2D eigenvalue weighted by molar-refractivity contribution is 0.604. The quantitative estimate of drug-likeness (QED) is 0.840. The van der Waals surface area contributed by atoms with Gasteiger partial charge >= 0.3 is 0 Å². The van der Waals surface area contributed by atoms with Crippen molar-refractivity contribution < 1.29 is 4.39 Å². The molecule has 94 valence electrons. The summed E-state index contributed by atoms with van der Waals surface area (Å²) in [6.07, 6.45) is 4.14. The molecule has 0 radical (unpaired) electrons. The van der Waals surface area contributed by atoms with Gasteiger partial charge in [0, 0.05) is 17.3 Å². The predicted molar refractivity (Wildman–Crippen MR) is 68.4 cm³/mol. The molecule has 3 rings (SSSR count). The fraction of sp³-hybridized carbons (Fsp3) is 0.429. The maximum atomic E-state index is 14.4. The Bertz CT molecular complexity index is 688. The Morgan fingerprint density at radius 1 is 1.33 bits per heavy atom. The van der Waals surface area contributed by atoms with Crippen LogP contribution in [0.3, 0.4) is 0 Å². The fourth-order valence-electron chi connectivity index (χ4n) is 2.69. The number of pyridine rings is 2. The Morgan fingerprint density at radius 3 is 2.78 bits per heavy atom. The van der Waals surface area contributed by atoms with Crippen LogP contribution in [-0.2, 0) is 12.8 Å². The van der Waals surface area contributed by atoms with Crippen molar-refractivity contribution in [2.75, 3.05) is 0 Å². The Kier molecular flexibility index (Phi) is 2.47. The summed E-state index contributed by atoms with van der Waals surface area (Å²) in [5.74, 6) is -0.277. The van der Waals surface area contributed by atoms with E-state index in [0.717, 1.165) is 30.4 Å². The van der Waals surface area contributed by atoms with E-state index in [9.17, 15) is 9.18 Å². The minimum absolute atomic E-state index is 0.0543. The summed E-state index contributed by atoms with van der Waals surface area (Å²) in [7, 11) is 0. The molecule has 0 aromatic carbocycles. The zero-order valence-corrected chi connectivity index (χ0v) is 10.5. The van der Waals surface area contributed by atoms with E-state index in [4.69, 9.17) is 0 Å². The molecule has 0 amide bonds. The number of halogens is 1. The third-order valence-electron chi connectivity index (χ3n) is 3.68. The number of aromatic amines is 1. The number of hydrogen-bond donors (Lipinski definition) is 1. The maximum Gasteiger partial charge on any atom is 0.252 e. The van der Waals surface area contributed by atoms with Crippen LogP contribution in [0.5, 0.6) is 0 Å². The van der Waals surface area contributed by atoms with Crippen molar-refractivity contribution in [2.24, 2.45) is 0 Å². The summed E-state index contributed by atoms with van der Waals surface area (Å²) in [4.78, 5) is 18.9. The monoisotopic (exact) mass is 246 g/mol. The molecule has 0 fully saturated rings. The SMILES string of the molecule is CC(C)c1cnc2c3c(c(=O)[nH]c2c1F)CCC3. The molecular weight excluding hydrogens is 231 g/mol. The number of hydrogen-bond acceptors (Lipinski definition) is 2. The van der Waals surface area contributed by atoms with Crippen LogP contribution in [0, 0.1) is 5.82 Å². The van der Waals surface area contributed by atoms with Gasteiger partial charge in [0.05, 0.1) is 5.52 Å². The van der Waals surface area contributed by atoms with Gasteiger partial charge < -0.3 is 4.98 Å². The van der Waals surface area contributed by atoms with Crippen molar-refractivity contribution >= 4 is 11.0 Å². The second kappa shape index (κ2) is 3.90. The molecule has 2 heterocycles. The molecular formula is C14H15FN2O. The van der Waals surface area contributed by atoms with Gasteiger partial charge in [0.1, 0.15) is 5.52 Å². The van der Waals surface area contributed by atoms with Gasteiger partial charge in [-0.25, -0.2) is 4.39 Å². The largest absolute Gasteiger partial charge is 0.318 e. The summed E-state index contributed by atoms with van der Waals surface area (Å²) in [6.45, 7) is 3.83. The molecule has 1 aliphatic carbocycles. The Balaban J connectivity index is 2.41. The van der Waals surface area contributed by atoms with E-state index in [0.29, 0.717) is 11.1 Å². The van der Waals surface area contributed by atoms with Gasteiger partial charge in [0.25, 0.3) is 5.56 Å². The summed E-state index contributed by atoms with van der Waals surface area (Å²) in [5.41, 5.74) is 3.01. The number of fused-ring (bicyclic) bond motifs is 3. The Hall–Kier alpha value is -1.71. The lowest BCUT2D eigenvalue weighted by Gasteiger charge is -2.10. The molecule has 0 saturated heterocycles. The minimum atomic E-state index is -0.332. The fourth-order valence-corrected chi connectivity index (χ4v) is 2.69. The highest BCUT2D eigenvalue weighted by Gasteiger charge is 2.21. The first kappa shape index (κ1) is 11.4. The highest BCUT2D eigenvalue weighted by molar-refractivity contribution is 5.80. The molecule has 18 heavy (non-hydrogen) atoms. The molecule has 2 aromatic rings. The van der Waals surface area contributed by atoms with Crippen molar-refractivity contribution in [1.29, 1.82) is 0 Å². The van der Waals surface area contributed by atoms with Gasteiger partial charge in [-0.15, -0.1) is 0 Å². The molecule has 0 aliphatic heterocycles. The van der Waals surface area contributed by atoms with Crippen LogP contribution >= 0.6 is 0 Å². The maximum absolute atomic E-state index is 14.4. The van der Waals surface area contributed by atoms with E-state index in [1.54, 1.807) is 6.20 Å².